The Hall–Kier alpha value is -1.62. The molecule has 1 aromatic rings. The molecule has 0 bridgehead atoms. The molecular formula is C15H24N2O3. The van der Waals surface area contributed by atoms with E-state index < -0.39 is 0 Å². The molecule has 5 heteroatoms. The van der Waals surface area contributed by atoms with Crippen molar-refractivity contribution in [1.29, 1.82) is 0 Å². The molecule has 0 saturated heterocycles. The van der Waals surface area contributed by atoms with E-state index in [1.807, 2.05) is 6.92 Å². The van der Waals surface area contributed by atoms with Crippen molar-refractivity contribution in [1.82, 2.24) is 0 Å². The molecule has 0 atom stereocenters. The lowest BCUT2D eigenvalue weighted by Gasteiger charge is -2.27. The van der Waals surface area contributed by atoms with Gasteiger partial charge in [-0.15, -0.1) is 0 Å². The molecule has 5 nitrogen and oxygen atoms in total. The summed E-state index contributed by atoms with van der Waals surface area (Å²) in [5.41, 5.74) is 1.28. The molecule has 20 heavy (non-hydrogen) atoms. The highest BCUT2D eigenvalue weighted by molar-refractivity contribution is 5.64. The van der Waals surface area contributed by atoms with Crippen LogP contribution in [-0.4, -0.2) is 23.1 Å². The van der Waals surface area contributed by atoms with Gasteiger partial charge >= 0.3 is 0 Å². The number of nitro benzene ring substituents is 1. The van der Waals surface area contributed by atoms with E-state index in [2.05, 4.69) is 18.7 Å². The number of benzene rings is 1. The van der Waals surface area contributed by atoms with Crippen molar-refractivity contribution in [2.24, 2.45) is 5.92 Å². The molecule has 0 aliphatic rings. The lowest BCUT2D eigenvalue weighted by molar-refractivity contribution is -0.384. The van der Waals surface area contributed by atoms with Gasteiger partial charge in [0, 0.05) is 19.2 Å². The Balaban J connectivity index is 3.10. The molecule has 0 aliphatic carbocycles. The van der Waals surface area contributed by atoms with Crippen molar-refractivity contribution >= 4 is 11.4 Å². The first kappa shape index (κ1) is 16.4. The van der Waals surface area contributed by atoms with Gasteiger partial charge in [-0.3, -0.25) is 10.1 Å². The van der Waals surface area contributed by atoms with Gasteiger partial charge in [-0.05, 0) is 24.5 Å². The highest BCUT2D eigenvalue weighted by Crippen LogP contribution is 2.30. The van der Waals surface area contributed by atoms with Gasteiger partial charge in [0.1, 0.15) is 5.69 Å². The van der Waals surface area contributed by atoms with Gasteiger partial charge in [0.2, 0.25) is 0 Å². The first-order valence-corrected chi connectivity index (χ1v) is 7.20. The first-order valence-electron chi connectivity index (χ1n) is 7.20. The lowest BCUT2D eigenvalue weighted by atomic mass is 10.0. The fourth-order valence-electron chi connectivity index (χ4n) is 2.34. The third-order valence-electron chi connectivity index (χ3n) is 3.77. The van der Waals surface area contributed by atoms with Crippen LogP contribution in [0.5, 0.6) is 0 Å². The molecule has 0 amide bonds. The Bertz CT molecular complexity index is 445. The van der Waals surface area contributed by atoms with Gasteiger partial charge in [-0.2, -0.15) is 0 Å². The van der Waals surface area contributed by atoms with Crippen LogP contribution in [0, 0.1) is 16.0 Å². The zero-order valence-corrected chi connectivity index (χ0v) is 12.5. The van der Waals surface area contributed by atoms with Gasteiger partial charge in [-0.1, -0.05) is 32.8 Å². The van der Waals surface area contributed by atoms with E-state index in [1.165, 1.54) is 6.07 Å². The molecule has 0 radical (unpaired) electrons. The Labute approximate surface area is 120 Å². The van der Waals surface area contributed by atoms with Gasteiger partial charge < -0.3 is 10.0 Å². The monoisotopic (exact) mass is 280 g/mol. The van der Waals surface area contributed by atoms with Crippen LogP contribution in [0.25, 0.3) is 0 Å². The zero-order chi connectivity index (χ0) is 15.1. The third-order valence-corrected chi connectivity index (χ3v) is 3.77. The number of hydrogen-bond acceptors (Lipinski definition) is 4. The molecule has 112 valence electrons. The minimum absolute atomic E-state index is 0.0735. The van der Waals surface area contributed by atoms with E-state index in [0.29, 0.717) is 17.2 Å². The van der Waals surface area contributed by atoms with Crippen molar-refractivity contribution in [2.75, 3.05) is 18.0 Å². The van der Waals surface area contributed by atoms with Crippen LogP contribution in [0.2, 0.25) is 0 Å². The molecule has 1 aromatic carbocycles. The lowest BCUT2D eigenvalue weighted by Crippen LogP contribution is -2.29. The van der Waals surface area contributed by atoms with Gasteiger partial charge in [0.25, 0.3) is 5.69 Å². The summed E-state index contributed by atoms with van der Waals surface area (Å²) in [7, 11) is 0. The average Bonchev–Trinajstić information content (AvgIpc) is 2.48. The van der Waals surface area contributed by atoms with E-state index in [9.17, 15) is 10.1 Å². The summed E-state index contributed by atoms with van der Waals surface area (Å²) < 4.78 is 0. The van der Waals surface area contributed by atoms with E-state index in [4.69, 9.17) is 5.11 Å². The Kier molecular flexibility index (Phi) is 6.45. The number of rotatable bonds is 8. The third kappa shape index (κ3) is 3.93. The molecular weight excluding hydrogens is 256 g/mol. The summed E-state index contributed by atoms with van der Waals surface area (Å²) in [6.07, 6.45) is 2.13. The molecule has 0 spiro atoms. The van der Waals surface area contributed by atoms with Gasteiger partial charge in [-0.25, -0.2) is 0 Å². The highest BCUT2D eigenvalue weighted by atomic mass is 16.6. The van der Waals surface area contributed by atoms with Crippen molar-refractivity contribution in [3.8, 4) is 0 Å². The maximum atomic E-state index is 11.2. The number of nitro groups is 1. The molecule has 0 fully saturated rings. The van der Waals surface area contributed by atoms with Gasteiger partial charge in [0.15, 0.2) is 0 Å². The topological polar surface area (TPSA) is 66.6 Å². The summed E-state index contributed by atoms with van der Waals surface area (Å²) in [4.78, 5) is 12.9. The van der Waals surface area contributed by atoms with Crippen LogP contribution in [0.4, 0.5) is 11.4 Å². The zero-order valence-electron chi connectivity index (χ0n) is 12.5. The second kappa shape index (κ2) is 7.85. The van der Waals surface area contributed by atoms with E-state index in [0.717, 1.165) is 25.9 Å². The predicted octanol–water partition coefficient (Wildman–Crippen LogP) is 3.35. The molecule has 0 aliphatic heterocycles. The molecule has 1 N–H and O–H groups in total. The number of aliphatic hydroxyl groups excluding tert-OH is 1. The Morgan fingerprint density at radius 2 is 1.95 bits per heavy atom. The minimum atomic E-state index is -0.371. The van der Waals surface area contributed by atoms with Crippen molar-refractivity contribution in [3.63, 3.8) is 0 Å². The van der Waals surface area contributed by atoms with Crippen molar-refractivity contribution in [2.45, 2.75) is 40.2 Å². The Morgan fingerprint density at radius 3 is 2.40 bits per heavy atom. The van der Waals surface area contributed by atoms with Crippen LogP contribution in [0.1, 0.15) is 39.2 Å². The summed E-state index contributed by atoms with van der Waals surface area (Å²) in [6, 6.07) is 4.96. The SMILES string of the molecule is CCC(CC)CN(CC)c1ccc(CO)cc1[N+](=O)[O-]. The van der Waals surface area contributed by atoms with E-state index >= 15 is 0 Å². The summed E-state index contributed by atoms with van der Waals surface area (Å²) in [5, 5.41) is 20.3. The average molecular weight is 280 g/mol. The maximum Gasteiger partial charge on any atom is 0.292 e. The molecule has 0 aromatic heterocycles. The number of aliphatic hydroxyl groups is 1. The Morgan fingerprint density at radius 1 is 1.30 bits per heavy atom. The summed E-state index contributed by atoms with van der Waals surface area (Å²) in [6.45, 7) is 7.67. The maximum absolute atomic E-state index is 11.2. The standard InChI is InChI=1S/C15H24N2O3/c1-4-12(5-2)10-16(6-3)14-8-7-13(11-18)9-15(14)17(19)20/h7-9,12,18H,4-6,10-11H2,1-3H3. The molecule has 1 rings (SSSR count). The number of nitrogens with zero attached hydrogens (tertiary/aromatic N) is 2. The first-order chi connectivity index (χ1) is 9.57. The molecule has 0 heterocycles. The fourth-order valence-corrected chi connectivity index (χ4v) is 2.34. The second-order valence-corrected chi connectivity index (χ2v) is 4.96. The molecule has 0 saturated carbocycles. The predicted molar refractivity (Wildman–Crippen MR) is 81.0 cm³/mol. The van der Waals surface area contributed by atoms with Crippen LogP contribution in [0.15, 0.2) is 18.2 Å². The number of anilines is 1. The number of hydrogen-bond donors (Lipinski definition) is 1. The van der Waals surface area contributed by atoms with Crippen molar-refractivity contribution < 1.29 is 10.0 Å². The quantitative estimate of drug-likeness (QED) is 0.585. The normalized spacial score (nSPS) is 10.8. The second-order valence-electron chi connectivity index (χ2n) is 4.96. The van der Waals surface area contributed by atoms with Gasteiger partial charge in [0.05, 0.1) is 11.5 Å². The van der Waals surface area contributed by atoms with Crippen molar-refractivity contribution in [3.05, 3.63) is 33.9 Å². The largest absolute Gasteiger partial charge is 0.392 e. The highest BCUT2D eigenvalue weighted by Gasteiger charge is 2.20. The van der Waals surface area contributed by atoms with E-state index in [-0.39, 0.29) is 17.2 Å². The van der Waals surface area contributed by atoms with Crippen LogP contribution in [-0.2, 0) is 6.61 Å². The molecule has 0 unspecified atom stereocenters. The minimum Gasteiger partial charge on any atom is -0.392 e. The fraction of sp³-hybridized carbons (Fsp3) is 0.600. The van der Waals surface area contributed by atoms with Crippen LogP contribution >= 0.6 is 0 Å². The van der Waals surface area contributed by atoms with Crippen LogP contribution < -0.4 is 4.90 Å². The van der Waals surface area contributed by atoms with E-state index in [1.54, 1.807) is 12.1 Å². The summed E-state index contributed by atoms with van der Waals surface area (Å²) >= 11 is 0. The smallest absolute Gasteiger partial charge is 0.292 e. The summed E-state index contributed by atoms with van der Waals surface area (Å²) in [5.74, 6) is 0.534. The van der Waals surface area contributed by atoms with Crippen LogP contribution in [0.3, 0.4) is 0 Å².